The minimum absolute atomic E-state index is 0.645. The maximum atomic E-state index is 12.4. The summed E-state index contributed by atoms with van der Waals surface area (Å²) in [7, 11) is -26.4. The number of carbonyl (C=O) groups is 1. The van der Waals surface area contributed by atoms with E-state index in [4.69, 9.17) is 27.9 Å². The summed E-state index contributed by atoms with van der Waals surface area (Å²) in [6.07, 6.45) is -9.13. The Hall–Kier alpha value is -1.38. The second-order valence-electron chi connectivity index (χ2n) is 12.6. The summed E-state index contributed by atoms with van der Waals surface area (Å²) in [6.45, 7) is -2.33. The predicted octanol–water partition coefficient (Wildman–Crippen LogP) is -4.49. The molecule has 0 aromatic heterocycles. The van der Waals surface area contributed by atoms with Crippen molar-refractivity contribution >= 4 is 57.9 Å². The molecule has 0 saturated carbocycles. The normalized spacial score (nSPS) is 36.7. The van der Waals surface area contributed by atoms with Gasteiger partial charge in [-0.2, -0.15) is 16.8 Å². The zero-order valence-corrected chi connectivity index (χ0v) is 32.8. The number of carbonyl (C=O) groups excluding carboxylic acids is 1. The molecule has 2 aliphatic rings. The van der Waals surface area contributed by atoms with Gasteiger partial charge in [0.2, 0.25) is 20.8 Å². The first-order chi connectivity index (χ1) is 24.1. The molecule has 11 atom stereocenters. The van der Waals surface area contributed by atoms with Crippen LogP contribution in [-0.4, -0.2) is 165 Å². The molecule has 0 radical (unpaired) electrons. The summed E-state index contributed by atoms with van der Waals surface area (Å²) in [4.78, 5) is 12.4. The zero-order chi connectivity index (χ0) is 42.1. The Bertz CT molecular complexity index is 1920. The standard InChI is InChI=1S/C22H41NO26S5/c1-19(11-44-51(29,30)31)12(16(47-52(32,33)34)20(2,23-50(26,27)28)14(45-19)9-42-6)8-43-10-15-22(4,49-54(38,39)40)17(48-53(35,36)37)13(7-41-5)21(3,46-15)18(24)25/h12-17H,7-11H2,1-6H3,(H,24,25)(H,29,30,31)(H,32,33,34)(H,35,36,37)(H,38,39,40)(H2,23,26,27,28)/p-4/t12-,13-,14+,15+,16?,17?,19?,20?,21?,22?/m0/s1. The summed E-state index contributed by atoms with van der Waals surface area (Å²) in [5.74, 6) is -6.17. The van der Waals surface area contributed by atoms with Gasteiger partial charge in [-0.1, -0.05) is 0 Å². The largest absolute Gasteiger partial charge is 0.742 e. The predicted molar refractivity (Wildman–Crippen MR) is 163 cm³/mol. The average molecular weight is 892 g/mol. The second-order valence-corrected chi connectivity index (χ2v) is 17.8. The summed E-state index contributed by atoms with van der Waals surface area (Å²) in [5.41, 5.74) is -10.9. The first-order valence-electron chi connectivity index (χ1n) is 14.5. The van der Waals surface area contributed by atoms with E-state index in [9.17, 15) is 75.1 Å². The van der Waals surface area contributed by atoms with Crippen LogP contribution in [0.5, 0.6) is 0 Å². The van der Waals surface area contributed by atoms with Crippen LogP contribution in [-0.2, 0) is 97.1 Å². The fourth-order valence-corrected chi connectivity index (χ4v) is 9.08. The van der Waals surface area contributed by atoms with E-state index in [1.807, 2.05) is 0 Å². The number of nitrogens with zero attached hydrogens (tertiary/aromatic N) is 1. The Labute approximate surface area is 310 Å². The molecule has 0 aliphatic carbocycles. The average Bonchev–Trinajstić information content (AvgIpc) is 2.93. The molecule has 0 aromatic rings. The minimum atomic E-state index is -5.95. The monoisotopic (exact) mass is 891 g/mol. The highest BCUT2D eigenvalue weighted by atomic mass is 32.3. The molecule has 0 spiro atoms. The van der Waals surface area contributed by atoms with Crippen molar-refractivity contribution in [3.63, 3.8) is 0 Å². The van der Waals surface area contributed by atoms with Crippen LogP contribution in [0.15, 0.2) is 4.36 Å². The number of hydrogen-bond donors (Lipinski definition) is 3. The Kier molecular flexibility index (Phi) is 15.2. The van der Waals surface area contributed by atoms with Crippen LogP contribution >= 0.6 is 0 Å². The number of carboxylic acids is 1. The molecule has 2 saturated heterocycles. The van der Waals surface area contributed by atoms with E-state index in [2.05, 4.69) is 16.9 Å². The summed E-state index contributed by atoms with van der Waals surface area (Å²) in [6, 6.07) is 0. The first kappa shape index (κ1) is 48.8. The lowest BCUT2D eigenvalue weighted by Gasteiger charge is -2.56. The molecule has 0 aromatic carbocycles. The zero-order valence-electron chi connectivity index (χ0n) is 28.7. The quantitative estimate of drug-likeness (QED) is 0.0812. The van der Waals surface area contributed by atoms with Crippen molar-refractivity contribution in [2.24, 2.45) is 16.2 Å². The molecule has 2 fully saturated rings. The van der Waals surface area contributed by atoms with E-state index < -0.39 is 149 Å². The highest BCUT2D eigenvalue weighted by Gasteiger charge is 2.64. The van der Waals surface area contributed by atoms with Crippen LogP contribution in [0.1, 0.15) is 27.7 Å². The van der Waals surface area contributed by atoms with Gasteiger partial charge in [-0.15, -0.1) is 0 Å². The van der Waals surface area contributed by atoms with Crippen molar-refractivity contribution in [3.05, 3.63) is 0 Å². The number of aliphatic carboxylic acids is 1. The van der Waals surface area contributed by atoms with Crippen molar-refractivity contribution in [1.82, 2.24) is 0 Å². The number of methoxy groups -OCH3 is 2. The SMILES string of the molecule is COC[C@H]1C(OS(=O)(=O)O)C(C)(OS(=O)(=O)[O-])[C@@H](COC[C@H]2C(OS(=O)(=O)O)C(C)(N=S(=O)([O-])O)[C@@H](COC)OC2(C)COS(=O)(=O)[O-])OC1(C)C(=O)[O-]. The van der Waals surface area contributed by atoms with Crippen molar-refractivity contribution < 1.29 is 116 Å². The van der Waals surface area contributed by atoms with E-state index in [1.54, 1.807) is 0 Å². The van der Waals surface area contributed by atoms with Gasteiger partial charge in [0.1, 0.15) is 51.4 Å². The van der Waals surface area contributed by atoms with Gasteiger partial charge in [-0.05, 0) is 27.7 Å². The fourth-order valence-electron chi connectivity index (χ4n) is 6.16. The van der Waals surface area contributed by atoms with Gasteiger partial charge in [0.15, 0.2) is 0 Å². The van der Waals surface area contributed by atoms with E-state index >= 15 is 0 Å². The molecule has 2 rings (SSSR count). The number of rotatable bonds is 19. The van der Waals surface area contributed by atoms with Gasteiger partial charge in [-0.25, -0.2) is 33.8 Å². The maximum Gasteiger partial charge on any atom is 0.397 e. The summed E-state index contributed by atoms with van der Waals surface area (Å²) < 4.78 is 219. The van der Waals surface area contributed by atoms with Crippen molar-refractivity contribution in [2.75, 3.05) is 47.3 Å². The topological polar surface area (TPSA) is 419 Å². The van der Waals surface area contributed by atoms with E-state index in [0.717, 1.165) is 35.0 Å². The summed E-state index contributed by atoms with van der Waals surface area (Å²) >= 11 is 0. The highest BCUT2D eigenvalue weighted by Crippen LogP contribution is 2.47. The Morgan fingerprint density at radius 1 is 0.722 bits per heavy atom. The lowest BCUT2D eigenvalue weighted by atomic mass is 9.71. The van der Waals surface area contributed by atoms with E-state index in [0.29, 0.717) is 6.92 Å². The van der Waals surface area contributed by atoms with Gasteiger partial charge < -0.3 is 51.8 Å². The van der Waals surface area contributed by atoms with Gasteiger partial charge in [-0.3, -0.25) is 17.5 Å². The van der Waals surface area contributed by atoms with Crippen LogP contribution in [0.25, 0.3) is 0 Å². The molecule has 32 heteroatoms. The van der Waals surface area contributed by atoms with Crippen molar-refractivity contribution in [2.45, 2.75) is 74.5 Å². The fraction of sp³-hybridized carbons (Fsp3) is 0.955. The molecule has 7 unspecified atom stereocenters. The Balaban J connectivity index is 2.85. The van der Waals surface area contributed by atoms with Gasteiger partial charge in [0.25, 0.3) is 0 Å². The molecule has 27 nitrogen and oxygen atoms in total. The van der Waals surface area contributed by atoms with Crippen molar-refractivity contribution in [3.8, 4) is 0 Å². The first-order valence-corrected chi connectivity index (χ1v) is 21.3. The van der Waals surface area contributed by atoms with Gasteiger partial charge >= 0.3 is 20.8 Å². The van der Waals surface area contributed by atoms with E-state index in [-0.39, 0.29) is 0 Å². The molecule has 0 bridgehead atoms. The maximum absolute atomic E-state index is 12.4. The molecule has 0 amide bonds. The molecule has 2 heterocycles. The van der Waals surface area contributed by atoms with E-state index in [1.165, 1.54) is 0 Å². The third-order valence-electron chi connectivity index (χ3n) is 8.62. The molecular weight excluding hydrogens is 855 g/mol. The minimum Gasteiger partial charge on any atom is -0.742 e. The molecule has 2 aliphatic heterocycles. The smallest absolute Gasteiger partial charge is 0.397 e. The molecule has 3 N–H and O–H groups in total. The molecule has 54 heavy (non-hydrogen) atoms. The number of carboxylic acid groups (broad SMARTS) is 1. The third-order valence-corrected chi connectivity index (χ3v) is 11.1. The van der Waals surface area contributed by atoms with Crippen LogP contribution in [0, 0.1) is 11.8 Å². The van der Waals surface area contributed by atoms with Crippen LogP contribution < -0.4 is 5.11 Å². The Morgan fingerprint density at radius 3 is 1.67 bits per heavy atom. The van der Waals surface area contributed by atoms with Crippen LogP contribution in [0.4, 0.5) is 0 Å². The lowest BCUT2D eigenvalue weighted by Crippen LogP contribution is -2.73. The van der Waals surface area contributed by atoms with Crippen LogP contribution in [0.2, 0.25) is 0 Å². The Morgan fingerprint density at radius 2 is 1.24 bits per heavy atom. The van der Waals surface area contributed by atoms with Crippen molar-refractivity contribution in [1.29, 1.82) is 0 Å². The lowest BCUT2D eigenvalue weighted by molar-refractivity contribution is -0.354. The molecule has 320 valence electrons. The van der Waals surface area contributed by atoms with Crippen LogP contribution in [0.3, 0.4) is 0 Å². The second kappa shape index (κ2) is 16.8. The number of ether oxygens (including phenoxy) is 5. The highest BCUT2D eigenvalue weighted by molar-refractivity contribution is 7.82. The number of hydrogen-bond acceptors (Lipinski definition) is 24. The third kappa shape index (κ3) is 12.6. The molecular formula is C22H37NO26S5-4. The van der Waals surface area contributed by atoms with Gasteiger partial charge in [0.05, 0.1) is 44.6 Å². The van der Waals surface area contributed by atoms with Gasteiger partial charge in [0, 0.05) is 26.1 Å². The summed E-state index contributed by atoms with van der Waals surface area (Å²) in [5, 5.41) is 12.4.